The number of aryl methyl sites for hydroxylation is 1. The molecular weight excluding hydrogens is 242 g/mol. The van der Waals surface area contributed by atoms with E-state index < -0.39 is 5.97 Å². The van der Waals surface area contributed by atoms with E-state index in [1.165, 1.54) is 0 Å². The molecule has 1 heterocycles. The van der Waals surface area contributed by atoms with Crippen LogP contribution in [0.4, 0.5) is 0 Å². The van der Waals surface area contributed by atoms with E-state index in [2.05, 4.69) is 11.8 Å². The van der Waals surface area contributed by atoms with Gasteiger partial charge in [0, 0.05) is 6.04 Å². The molecule has 106 valence electrons. The second-order valence-corrected chi connectivity index (χ2v) is 5.86. The molecule has 0 saturated heterocycles. The summed E-state index contributed by atoms with van der Waals surface area (Å²) in [4.78, 5) is 13.5. The van der Waals surface area contributed by atoms with Crippen molar-refractivity contribution in [3.63, 3.8) is 0 Å². The molecule has 1 saturated carbocycles. The largest absolute Gasteiger partial charge is 0.481 e. The van der Waals surface area contributed by atoms with Crippen LogP contribution in [0.5, 0.6) is 0 Å². The Morgan fingerprint density at radius 3 is 2.79 bits per heavy atom. The van der Waals surface area contributed by atoms with Crippen LogP contribution in [0.15, 0.2) is 16.5 Å². The smallest absolute Gasteiger partial charge is 0.308 e. The summed E-state index contributed by atoms with van der Waals surface area (Å²) in [5, 5.41) is 9.36. The van der Waals surface area contributed by atoms with Gasteiger partial charge in [0.15, 0.2) is 0 Å². The van der Waals surface area contributed by atoms with Gasteiger partial charge in [-0.3, -0.25) is 9.69 Å². The van der Waals surface area contributed by atoms with Crippen LogP contribution in [0.3, 0.4) is 0 Å². The Bertz CT molecular complexity index is 440. The first kappa shape index (κ1) is 14.1. The third kappa shape index (κ3) is 3.38. The van der Waals surface area contributed by atoms with Crippen molar-refractivity contribution in [3.8, 4) is 0 Å². The Hall–Kier alpha value is -1.29. The Labute approximate surface area is 114 Å². The molecule has 0 radical (unpaired) electrons. The minimum Gasteiger partial charge on any atom is -0.481 e. The van der Waals surface area contributed by atoms with Crippen LogP contribution < -0.4 is 0 Å². The number of carboxylic acids is 1. The molecule has 0 amide bonds. The quantitative estimate of drug-likeness (QED) is 0.909. The van der Waals surface area contributed by atoms with Crippen LogP contribution in [0.1, 0.15) is 37.7 Å². The van der Waals surface area contributed by atoms with E-state index in [-0.39, 0.29) is 12.0 Å². The Balaban J connectivity index is 2.05. The van der Waals surface area contributed by atoms with Gasteiger partial charge >= 0.3 is 5.97 Å². The standard InChI is InChI=1S/C15H23NO3/c1-10-4-7-13(15(17)18)14(8-10)16(3)9-12-6-5-11(2)19-12/h5-6,10,13-14H,4,7-9H2,1-3H3,(H,17,18). The molecule has 1 fully saturated rings. The maximum Gasteiger partial charge on any atom is 0.308 e. The van der Waals surface area contributed by atoms with Crippen molar-refractivity contribution in [2.75, 3.05) is 7.05 Å². The summed E-state index contributed by atoms with van der Waals surface area (Å²) < 4.78 is 5.58. The highest BCUT2D eigenvalue weighted by Crippen LogP contribution is 2.32. The number of hydrogen-bond donors (Lipinski definition) is 1. The van der Waals surface area contributed by atoms with Crippen molar-refractivity contribution >= 4 is 5.97 Å². The lowest BCUT2D eigenvalue weighted by atomic mass is 9.78. The van der Waals surface area contributed by atoms with E-state index in [4.69, 9.17) is 4.42 Å². The topological polar surface area (TPSA) is 53.7 Å². The van der Waals surface area contributed by atoms with Crippen molar-refractivity contribution in [2.45, 2.75) is 45.7 Å². The molecule has 3 atom stereocenters. The van der Waals surface area contributed by atoms with Crippen LogP contribution >= 0.6 is 0 Å². The third-order valence-corrected chi connectivity index (χ3v) is 4.16. The lowest BCUT2D eigenvalue weighted by molar-refractivity contribution is -0.146. The summed E-state index contributed by atoms with van der Waals surface area (Å²) in [7, 11) is 2.00. The molecular formula is C15H23NO3. The van der Waals surface area contributed by atoms with E-state index in [0.717, 1.165) is 30.8 Å². The van der Waals surface area contributed by atoms with E-state index in [1.54, 1.807) is 0 Å². The van der Waals surface area contributed by atoms with E-state index in [1.807, 2.05) is 26.1 Å². The normalized spacial score (nSPS) is 27.7. The molecule has 1 aromatic rings. The van der Waals surface area contributed by atoms with Gasteiger partial charge in [-0.05, 0) is 51.3 Å². The van der Waals surface area contributed by atoms with Gasteiger partial charge in [0.2, 0.25) is 0 Å². The first-order valence-electron chi connectivity index (χ1n) is 6.95. The highest BCUT2D eigenvalue weighted by atomic mass is 16.4. The van der Waals surface area contributed by atoms with Crippen LogP contribution in [0.25, 0.3) is 0 Å². The Kier molecular flexibility index (Phi) is 4.30. The van der Waals surface area contributed by atoms with Crippen molar-refractivity contribution in [2.24, 2.45) is 11.8 Å². The van der Waals surface area contributed by atoms with Crippen LogP contribution in [-0.2, 0) is 11.3 Å². The average molecular weight is 265 g/mol. The number of hydrogen-bond acceptors (Lipinski definition) is 3. The van der Waals surface area contributed by atoms with E-state index in [0.29, 0.717) is 12.5 Å². The predicted molar refractivity (Wildman–Crippen MR) is 72.8 cm³/mol. The minimum atomic E-state index is -0.667. The van der Waals surface area contributed by atoms with E-state index >= 15 is 0 Å². The highest BCUT2D eigenvalue weighted by Gasteiger charge is 2.36. The van der Waals surface area contributed by atoms with Crippen molar-refractivity contribution < 1.29 is 14.3 Å². The summed E-state index contributed by atoms with van der Waals surface area (Å²) in [5.41, 5.74) is 0. The Morgan fingerprint density at radius 1 is 1.47 bits per heavy atom. The molecule has 0 bridgehead atoms. The first-order chi connectivity index (χ1) is 8.97. The first-order valence-corrected chi connectivity index (χ1v) is 6.95. The molecule has 1 N–H and O–H groups in total. The number of nitrogens with zero attached hydrogens (tertiary/aromatic N) is 1. The fraction of sp³-hybridized carbons (Fsp3) is 0.667. The second-order valence-electron chi connectivity index (χ2n) is 5.86. The molecule has 1 aliphatic rings. The number of carboxylic acid groups (broad SMARTS) is 1. The van der Waals surface area contributed by atoms with Gasteiger partial charge in [0.1, 0.15) is 11.5 Å². The van der Waals surface area contributed by atoms with Crippen molar-refractivity contribution in [3.05, 3.63) is 23.7 Å². The molecule has 0 aromatic carbocycles. The zero-order chi connectivity index (χ0) is 14.0. The summed E-state index contributed by atoms with van der Waals surface area (Å²) in [6.45, 7) is 4.80. The molecule has 4 nitrogen and oxygen atoms in total. The number of rotatable bonds is 4. The number of furan rings is 1. The van der Waals surface area contributed by atoms with Crippen LogP contribution in [0.2, 0.25) is 0 Å². The molecule has 4 heteroatoms. The van der Waals surface area contributed by atoms with Gasteiger partial charge in [-0.2, -0.15) is 0 Å². The maximum absolute atomic E-state index is 11.4. The summed E-state index contributed by atoms with van der Waals surface area (Å²) in [5.74, 6) is 1.48. The zero-order valence-electron chi connectivity index (χ0n) is 11.9. The number of carbonyl (C=O) groups is 1. The fourth-order valence-electron chi connectivity index (χ4n) is 3.06. The van der Waals surface area contributed by atoms with Gasteiger partial charge in [-0.15, -0.1) is 0 Å². The summed E-state index contributed by atoms with van der Waals surface area (Å²) in [6, 6.07) is 4.02. The van der Waals surface area contributed by atoms with Gasteiger partial charge in [0.25, 0.3) is 0 Å². The lowest BCUT2D eigenvalue weighted by Gasteiger charge is -2.38. The molecule has 19 heavy (non-hydrogen) atoms. The van der Waals surface area contributed by atoms with Crippen molar-refractivity contribution in [1.29, 1.82) is 0 Å². The summed E-state index contributed by atoms with van der Waals surface area (Å²) >= 11 is 0. The lowest BCUT2D eigenvalue weighted by Crippen LogP contribution is -2.44. The van der Waals surface area contributed by atoms with Crippen molar-refractivity contribution in [1.82, 2.24) is 4.90 Å². The van der Waals surface area contributed by atoms with Gasteiger partial charge in [-0.25, -0.2) is 0 Å². The van der Waals surface area contributed by atoms with Crippen LogP contribution in [0, 0.1) is 18.8 Å². The fourth-order valence-corrected chi connectivity index (χ4v) is 3.06. The maximum atomic E-state index is 11.4. The zero-order valence-corrected chi connectivity index (χ0v) is 11.9. The highest BCUT2D eigenvalue weighted by molar-refractivity contribution is 5.71. The summed E-state index contributed by atoms with van der Waals surface area (Å²) in [6.07, 6.45) is 2.75. The SMILES string of the molecule is Cc1ccc(CN(C)C2CC(C)CCC2C(=O)O)o1. The third-order valence-electron chi connectivity index (χ3n) is 4.16. The second kappa shape index (κ2) is 5.78. The van der Waals surface area contributed by atoms with Gasteiger partial charge in [-0.1, -0.05) is 6.92 Å². The molecule has 1 aromatic heterocycles. The predicted octanol–water partition coefficient (Wildman–Crippen LogP) is 2.91. The molecule has 0 aliphatic heterocycles. The monoisotopic (exact) mass is 265 g/mol. The van der Waals surface area contributed by atoms with Crippen LogP contribution in [-0.4, -0.2) is 29.1 Å². The Morgan fingerprint density at radius 2 is 2.21 bits per heavy atom. The average Bonchev–Trinajstić information content (AvgIpc) is 2.74. The molecule has 1 aliphatic carbocycles. The molecule has 3 unspecified atom stereocenters. The van der Waals surface area contributed by atoms with E-state index in [9.17, 15) is 9.90 Å². The molecule has 2 rings (SSSR count). The minimum absolute atomic E-state index is 0.103. The van der Waals surface area contributed by atoms with Gasteiger partial charge < -0.3 is 9.52 Å². The molecule has 0 spiro atoms. The van der Waals surface area contributed by atoms with Gasteiger partial charge in [0.05, 0.1) is 12.5 Å². The number of aliphatic carboxylic acids is 1.